The van der Waals surface area contributed by atoms with E-state index >= 15 is 0 Å². The summed E-state index contributed by atoms with van der Waals surface area (Å²) in [5.74, 6) is 1.76. The average Bonchev–Trinajstić information content (AvgIpc) is 3.08. The zero-order valence-corrected chi connectivity index (χ0v) is 19.1. The van der Waals surface area contributed by atoms with Crippen LogP contribution < -0.4 is 15.4 Å². The number of hydrogen-bond donors (Lipinski definition) is 2. The first kappa shape index (κ1) is 22.7. The molecule has 5 nitrogen and oxygen atoms in total. The molecule has 0 unspecified atom stereocenters. The van der Waals surface area contributed by atoms with Crippen LogP contribution in [0.5, 0.6) is 5.75 Å². The summed E-state index contributed by atoms with van der Waals surface area (Å²) < 4.78 is 5.44. The largest absolute Gasteiger partial charge is 0.496 e. The first-order valence-corrected chi connectivity index (χ1v) is 9.57. The van der Waals surface area contributed by atoms with Gasteiger partial charge in [-0.3, -0.25) is 0 Å². The number of thiazole rings is 1. The molecule has 2 rings (SSSR count). The number of benzene rings is 1. The molecule has 144 valence electrons. The van der Waals surface area contributed by atoms with Crippen LogP contribution in [0.2, 0.25) is 0 Å². The van der Waals surface area contributed by atoms with Crippen molar-refractivity contribution in [2.75, 3.05) is 20.2 Å². The van der Waals surface area contributed by atoms with Gasteiger partial charge in [0.2, 0.25) is 0 Å². The van der Waals surface area contributed by atoms with Crippen molar-refractivity contribution in [2.45, 2.75) is 40.2 Å². The van der Waals surface area contributed by atoms with Crippen LogP contribution in [0.25, 0.3) is 0 Å². The van der Waals surface area contributed by atoms with Gasteiger partial charge in [-0.1, -0.05) is 24.6 Å². The van der Waals surface area contributed by atoms with Gasteiger partial charge in [-0.25, -0.2) is 9.98 Å². The number of nitrogens with one attached hydrogen (secondary N) is 2. The molecule has 1 aromatic carbocycles. The number of halogens is 1. The highest BCUT2D eigenvalue weighted by atomic mass is 127. The standard InChI is InChI=1S/C19H28N4OS.HI/c1-5-16-12-22-18(25-16)13-23-19(20-6-2)21-10-9-15-11-14(3)7-8-17(15)24-4;/h7-8,11-12H,5-6,9-10,13H2,1-4H3,(H2,20,21,23);1H. The summed E-state index contributed by atoms with van der Waals surface area (Å²) in [7, 11) is 1.71. The summed E-state index contributed by atoms with van der Waals surface area (Å²) in [5.41, 5.74) is 2.45. The summed E-state index contributed by atoms with van der Waals surface area (Å²) in [6, 6.07) is 6.27. The van der Waals surface area contributed by atoms with E-state index in [1.165, 1.54) is 16.0 Å². The van der Waals surface area contributed by atoms with Crippen LogP contribution in [-0.2, 0) is 19.4 Å². The van der Waals surface area contributed by atoms with Crippen LogP contribution in [0, 0.1) is 6.92 Å². The van der Waals surface area contributed by atoms with Gasteiger partial charge in [-0.2, -0.15) is 0 Å². The lowest BCUT2D eigenvalue weighted by molar-refractivity contribution is 0.409. The molecule has 0 saturated heterocycles. The fraction of sp³-hybridized carbons (Fsp3) is 0.474. The van der Waals surface area contributed by atoms with Gasteiger partial charge >= 0.3 is 0 Å². The molecule has 1 aromatic heterocycles. The van der Waals surface area contributed by atoms with Gasteiger partial charge in [0.1, 0.15) is 10.8 Å². The van der Waals surface area contributed by atoms with E-state index in [4.69, 9.17) is 4.74 Å². The summed E-state index contributed by atoms with van der Waals surface area (Å²) in [4.78, 5) is 10.4. The van der Waals surface area contributed by atoms with E-state index in [9.17, 15) is 0 Å². The number of aryl methyl sites for hydroxylation is 2. The van der Waals surface area contributed by atoms with E-state index in [0.717, 1.165) is 42.6 Å². The Labute approximate surface area is 177 Å². The van der Waals surface area contributed by atoms with E-state index < -0.39 is 0 Å². The smallest absolute Gasteiger partial charge is 0.191 e. The van der Waals surface area contributed by atoms with Crippen molar-refractivity contribution in [3.05, 3.63) is 45.4 Å². The number of guanidine groups is 1. The number of aliphatic imine (C=N–C) groups is 1. The maximum absolute atomic E-state index is 5.44. The first-order valence-electron chi connectivity index (χ1n) is 8.75. The van der Waals surface area contributed by atoms with E-state index in [-0.39, 0.29) is 24.0 Å². The third-order valence-corrected chi connectivity index (χ3v) is 4.92. The molecule has 0 spiro atoms. The second-order valence-corrected chi connectivity index (χ2v) is 6.96. The Kier molecular flexibility index (Phi) is 10.6. The third kappa shape index (κ3) is 7.11. The summed E-state index contributed by atoms with van der Waals surface area (Å²) in [6.07, 6.45) is 3.85. The molecule has 0 atom stereocenters. The molecule has 0 aliphatic rings. The fourth-order valence-electron chi connectivity index (χ4n) is 2.49. The minimum Gasteiger partial charge on any atom is -0.496 e. The highest BCUT2D eigenvalue weighted by Gasteiger charge is 2.05. The molecule has 7 heteroatoms. The number of aromatic nitrogens is 1. The maximum Gasteiger partial charge on any atom is 0.191 e. The average molecular weight is 488 g/mol. The predicted octanol–water partition coefficient (Wildman–Crippen LogP) is 3.94. The molecule has 0 fully saturated rings. The molecule has 0 saturated carbocycles. The SMILES string of the molecule is CCNC(=NCc1ncc(CC)s1)NCCc1cc(C)ccc1OC.I. The van der Waals surface area contributed by atoms with Gasteiger partial charge in [-0.05, 0) is 38.3 Å². The van der Waals surface area contributed by atoms with Crippen molar-refractivity contribution in [2.24, 2.45) is 4.99 Å². The molecule has 0 radical (unpaired) electrons. The van der Waals surface area contributed by atoms with E-state index in [0.29, 0.717) is 6.54 Å². The van der Waals surface area contributed by atoms with Gasteiger partial charge in [0.05, 0.1) is 13.7 Å². The third-order valence-electron chi connectivity index (χ3n) is 3.79. The Morgan fingerprint density at radius 2 is 2.08 bits per heavy atom. The molecule has 0 aliphatic carbocycles. The lowest BCUT2D eigenvalue weighted by Gasteiger charge is -2.13. The number of nitrogens with zero attached hydrogens (tertiary/aromatic N) is 2. The van der Waals surface area contributed by atoms with E-state index in [1.54, 1.807) is 18.4 Å². The van der Waals surface area contributed by atoms with Gasteiger partial charge in [0.25, 0.3) is 0 Å². The Morgan fingerprint density at radius 3 is 2.73 bits per heavy atom. The second kappa shape index (κ2) is 12.1. The Hall–Kier alpha value is -1.35. The van der Waals surface area contributed by atoms with Crippen molar-refractivity contribution in [3.63, 3.8) is 0 Å². The minimum atomic E-state index is 0. The Balaban J connectivity index is 0.00000338. The van der Waals surface area contributed by atoms with E-state index in [2.05, 4.69) is 53.5 Å². The lowest BCUT2D eigenvalue weighted by Crippen LogP contribution is -2.38. The van der Waals surface area contributed by atoms with Gasteiger partial charge < -0.3 is 15.4 Å². The van der Waals surface area contributed by atoms with Crippen molar-refractivity contribution >= 4 is 41.3 Å². The zero-order chi connectivity index (χ0) is 18.1. The second-order valence-electron chi connectivity index (χ2n) is 5.76. The maximum atomic E-state index is 5.44. The number of hydrogen-bond acceptors (Lipinski definition) is 4. The molecule has 26 heavy (non-hydrogen) atoms. The van der Waals surface area contributed by atoms with Crippen LogP contribution >= 0.6 is 35.3 Å². The summed E-state index contributed by atoms with van der Waals surface area (Å²) in [6.45, 7) is 8.54. The Morgan fingerprint density at radius 1 is 1.27 bits per heavy atom. The Bertz CT molecular complexity index is 703. The first-order chi connectivity index (χ1) is 12.2. The molecule has 0 bridgehead atoms. The van der Waals surface area contributed by atoms with Crippen LogP contribution in [0.1, 0.15) is 34.9 Å². The highest BCUT2D eigenvalue weighted by molar-refractivity contribution is 14.0. The number of rotatable bonds is 8. The zero-order valence-electron chi connectivity index (χ0n) is 16.0. The number of methoxy groups -OCH3 is 1. The molecular weight excluding hydrogens is 459 g/mol. The molecular formula is C19H29IN4OS. The monoisotopic (exact) mass is 488 g/mol. The van der Waals surface area contributed by atoms with Crippen LogP contribution in [0.15, 0.2) is 29.4 Å². The van der Waals surface area contributed by atoms with Crippen molar-refractivity contribution in [1.29, 1.82) is 0 Å². The van der Waals surface area contributed by atoms with Crippen molar-refractivity contribution < 1.29 is 4.74 Å². The van der Waals surface area contributed by atoms with E-state index in [1.807, 2.05) is 12.3 Å². The van der Waals surface area contributed by atoms with Crippen LogP contribution in [-0.4, -0.2) is 31.1 Å². The highest BCUT2D eigenvalue weighted by Crippen LogP contribution is 2.19. The predicted molar refractivity (Wildman–Crippen MR) is 121 cm³/mol. The quantitative estimate of drug-likeness (QED) is 0.336. The number of ether oxygens (including phenoxy) is 1. The summed E-state index contributed by atoms with van der Waals surface area (Å²) >= 11 is 1.73. The summed E-state index contributed by atoms with van der Waals surface area (Å²) in [5, 5.41) is 7.73. The lowest BCUT2D eigenvalue weighted by atomic mass is 10.1. The molecule has 0 aliphatic heterocycles. The van der Waals surface area contributed by atoms with Crippen LogP contribution in [0.3, 0.4) is 0 Å². The normalized spacial score (nSPS) is 11.0. The van der Waals surface area contributed by atoms with Crippen LogP contribution in [0.4, 0.5) is 0 Å². The molecule has 2 aromatic rings. The fourth-order valence-corrected chi connectivity index (χ4v) is 3.28. The molecule has 2 N–H and O–H groups in total. The van der Waals surface area contributed by atoms with Gasteiger partial charge in [0, 0.05) is 24.2 Å². The topological polar surface area (TPSA) is 58.5 Å². The van der Waals surface area contributed by atoms with Crippen molar-refractivity contribution in [1.82, 2.24) is 15.6 Å². The molecule has 0 amide bonds. The minimum absolute atomic E-state index is 0. The van der Waals surface area contributed by atoms with Gasteiger partial charge in [0.15, 0.2) is 5.96 Å². The van der Waals surface area contributed by atoms with Gasteiger partial charge in [-0.15, -0.1) is 35.3 Å². The van der Waals surface area contributed by atoms with Crippen molar-refractivity contribution in [3.8, 4) is 5.75 Å². The molecule has 1 heterocycles.